The number of nitrogens with one attached hydrogen (secondary N) is 1. The van der Waals surface area contributed by atoms with E-state index in [0.717, 1.165) is 0 Å². The van der Waals surface area contributed by atoms with Crippen LogP contribution in [-0.4, -0.2) is 48.9 Å². The third-order valence-corrected chi connectivity index (χ3v) is 5.20. The van der Waals surface area contributed by atoms with Crippen molar-refractivity contribution >= 4 is 34.9 Å². The number of carbonyl (C=O) groups excluding carboxylic acids is 2. The third-order valence-electron chi connectivity index (χ3n) is 4.87. The molecule has 0 saturated carbocycles. The zero-order chi connectivity index (χ0) is 21.1. The van der Waals surface area contributed by atoms with E-state index in [4.69, 9.17) is 16.3 Å². The summed E-state index contributed by atoms with van der Waals surface area (Å²) in [6.07, 6.45) is 0. The number of amidine groups is 1. The second-order valence-corrected chi connectivity index (χ2v) is 7.09. The van der Waals surface area contributed by atoms with Crippen molar-refractivity contribution in [2.24, 2.45) is 4.99 Å². The number of nitriles is 1. The fraction of sp³-hybridized carbons (Fsp3) is 0.182. The Hall–Kier alpha value is -3.47. The molecule has 1 saturated heterocycles. The van der Waals surface area contributed by atoms with Gasteiger partial charge in [0.15, 0.2) is 0 Å². The first-order valence-corrected chi connectivity index (χ1v) is 9.73. The second-order valence-electron chi connectivity index (χ2n) is 6.68. The molecule has 1 fully saturated rings. The van der Waals surface area contributed by atoms with E-state index in [-0.39, 0.29) is 17.1 Å². The molecule has 0 radical (unpaired) electrons. The van der Waals surface area contributed by atoms with Gasteiger partial charge in [-0.05, 0) is 12.1 Å². The maximum atomic E-state index is 12.9. The van der Waals surface area contributed by atoms with Crippen molar-refractivity contribution in [1.82, 2.24) is 10.2 Å². The molecule has 0 aliphatic carbocycles. The van der Waals surface area contributed by atoms with E-state index < -0.39 is 11.8 Å². The number of halogens is 1. The summed E-state index contributed by atoms with van der Waals surface area (Å²) in [6, 6.07) is 15.8. The number of fused-ring (bicyclic) bond motifs is 1. The number of aliphatic imine (C=N–C) groups is 1. The van der Waals surface area contributed by atoms with Gasteiger partial charge in [-0.15, -0.1) is 0 Å². The van der Waals surface area contributed by atoms with Crippen molar-refractivity contribution in [2.45, 2.75) is 0 Å². The van der Waals surface area contributed by atoms with Gasteiger partial charge in [-0.1, -0.05) is 48.0 Å². The molecule has 0 atom stereocenters. The normalized spacial score (nSPS) is 16.9. The van der Waals surface area contributed by atoms with Crippen LogP contribution in [0, 0.1) is 11.3 Å². The highest BCUT2D eigenvalue weighted by atomic mass is 35.5. The summed E-state index contributed by atoms with van der Waals surface area (Å²) in [5.74, 6) is -0.547. The molecular formula is C22H17ClN4O3. The first-order chi connectivity index (χ1) is 14.6. The van der Waals surface area contributed by atoms with Gasteiger partial charge in [-0.2, -0.15) is 5.26 Å². The molecule has 2 amide bonds. The lowest BCUT2D eigenvalue weighted by Crippen LogP contribution is -2.41. The number of carbonyl (C=O) groups is 2. The minimum absolute atomic E-state index is 0.0636. The van der Waals surface area contributed by atoms with Gasteiger partial charge in [0, 0.05) is 24.2 Å². The Morgan fingerprint density at radius 3 is 2.43 bits per heavy atom. The number of nitrogens with zero attached hydrogens (tertiary/aromatic N) is 3. The summed E-state index contributed by atoms with van der Waals surface area (Å²) in [5, 5.41) is 12.8. The number of benzene rings is 2. The van der Waals surface area contributed by atoms with Gasteiger partial charge < -0.3 is 15.0 Å². The van der Waals surface area contributed by atoms with E-state index in [1.807, 2.05) is 6.07 Å². The Labute approximate surface area is 178 Å². The van der Waals surface area contributed by atoms with Crippen molar-refractivity contribution in [3.05, 3.63) is 75.8 Å². The number of hydrogen-bond donors (Lipinski definition) is 1. The van der Waals surface area contributed by atoms with Gasteiger partial charge >= 0.3 is 0 Å². The molecule has 30 heavy (non-hydrogen) atoms. The van der Waals surface area contributed by atoms with Crippen LogP contribution in [0.4, 0.5) is 0 Å². The van der Waals surface area contributed by atoms with Crippen molar-refractivity contribution in [1.29, 1.82) is 5.26 Å². The Kier molecular flexibility index (Phi) is 5.61. The molecule has 2 heterocycles. The van der Waals surface area contributed by atoms with E-state index >= 15 is 0 Å². The van der Waals surface area contributed by atoms with Gasteiger partial charge in [-0.3, -0.25) is 9.59 Å². The SMILES string of the molecule is N#C/C(C(=O)N1CCOCC1)=C1/N=C(NC(=O)c2ccccc2Cl)c2ccccc21. The van der Waals surface area contributed by atoms with Gasteiger partial charge in [-0.25, -0.2) is 4.99 Å². The third kappa shape index (κ3) is 3.71. The van der Waals surface area contributed by atoms with E-state index in [1.54, 1.807) is 53.4 Å². The maximum Gasteiger partial charge on any atom is 0.266 e. The van der Waals surface area contributed by atoms with Crippen molar-refractivity contribution in [2.75, 3.05) is 26.3 Å². The molecule has 0 aromatic heterocycles. The lowest BCUT2D eigenvalue weighted by molar-refractivity contribution is -0.130. The number of amides is 2. The smallest absolute Gasteiger partial charge is 0.266 e. The largest absolute Gasteiger partial charge is 0.378 e. The zero-order valence-corrected chi connectivity index (χ0v) is 16.6. The molecular weight excluding hydrogens is 404 g/mol. The van der Waals surface area contributed by atoms with Crippen LogP contribution in [0.1, 0.15) is 21.5 Å². The highest BCUT2D eigenvalue weighted by molar-refractivity contribution is 6.34. The predicted molar refractivity (Wildman–Crippen MR) is 112 cm³/mol. The molecule has 1 N–H and O–H groups in total. The van der Waals surface area contributed by atoms with E-state index in [1.165, 1.54) is 0 Å². The topological polar surface area (TPSA) is 94.8 Å². The summed E-state index contributed by atoms with van der Waals surface area (Å²) in [7, 11) is 0. The molecule has 2 aliphatic rings. The van der Waals surface area contributed by atoms with Gasteiger partial charge in [0.05, 0.1) is 29.5 Å². The first-order valence-electron chi connectivity index (χ1n) is 9.36. The number of rotatable bonds is 2. The number of ether oxygens (including phenoxy) is 1. The van der Waals surface area contributed by atoms with Crippen LogP contribution in [0.3, 0.4) is 0 Å². The summed E-state index contributed by atoms with van der Waals surface area (Å²) in [6.45, 7) is 1.69. The number of morpholine rings is 1. The first kappa shape index (κ1) is 19.8. The van der Waals surface area contributed by atoms with E-state index in [9.17, 15) is 14.9 Å². The molecule has 2 aromatic rings. The van der Waals surface area contributed by atoms with E-state index in [2.05, 4.69) is 10.3 Å². The molecule has 8 heteroatoms. The van der Waals surface area contributed by atoms with Crippen LogP contribution in [0.15, 0.2) is 59.1 Å². The van der Waals surface area contributed by atoms with Crippen LogP contribution in [0.25, 0.3) is 5.70 Å². The molecule has 0 spiro atoms. The second kappa shape index (κ2) is 8.49. The monoisotopic (exact) mass is 420 g/mol. The Balaban J connectivity index is 1.72. The highest BCUT2D eigenvalue weighted by Crippen LogP contribution is 2.31. The lowest BCUT2D eigenvalue weighted by Gasteiger charge is -2.26. The maximum absolute atomic E-state index is 12.9. The standard InChI is InChI=1S/C22H17ClN4O3/c23-18-8-4-3-7-16(18)21(28)26-20-15-6-2-1-5-14(15)19(25-20)17(13-24)22(29)27-9-11-30-12-10-27/h1-8H,9-12H2,(H,25,26,28)/b19-17-. The van der Waals surface area contributed by atoms with Gasteiger partial charge in [0.1, 0.15) is 17.5 Å². The van der Waals surface area contributed by atoms with Crippen molar-refractivity contribution in [3.8, 4) is 6.07 Å². The summed E-state index contributed by atoms with van der Waals surface area (Å²) in [5.41, 5.74) is 1.74. The molecule has 7 nitrogen and oxygen atoms in total. The average molecular weight is 421 g/mol. The van der Waals surface area contributed by atoms with Crippen LogP contribution in [-0.2, 0) is 9.53 Å². The minimum atomic E-state index is -0.423. The quantitative estimate of drug-likeness (QED) is 0.596. The van der Waals surface area contributed by atoms with E-state index in [0.29, 0.717) is 48.0 Å². The minimum Gasteiger partial charge on any atom is -0.378 e. The summed E-state index contributed by atoms with van der Waals surface area (Å²) < 4.78 is 5.28. The molecule has 0 bridgehead atoms. The number of hydrogen-bond acceptors (Lipinski definition) is 5. The van der Waals surface area contributed by atoms with Crippen molar-refractivity contribution < 1.29 is 14.3 Å². The lowest BCUT2D eigenvalue weighted by atomic mass is 10.0. The van der Waals surface area contributed by atoms with Gasteiger partial charge in [0.25, 0.3) is 11.8 Å². The fourth-order valence-corrected chi connectivity index (χ4v) is 3.58. The van der Waals surface area contributed by atoms with Crippen LogP contribution >= 0.6 is 11.6 Å². The highest BCUT2D eigenvalue weighted by Gasteiger charge is 2.30. The molecule has 0 unspecified atom stereocenters. The predicted octanol–water partition coefficient (Wildman–Crippen LogP) is 2.62. The van der Waals surface area contributed by atoms with Crippen LogP contribution in [0.5, 0.6) is 0 Å². The Morgan fingerprint density at radius 2 is 1.73 bits per heavy atom. The van der Waals surface area contributed by atoms with Gasteiger partial charge in [0.2, 0.25) is 0 Å². The molecule has 4 rings (SSSR count). The molecule has 2 aromatic carbocycles. The average Bonchev–Trinajstić information content (AvgIpc) is 3.13. The molecule has 2 aliphatic heterocycles. The summed E-state index contributed by atoms with van der Waals surface area (Å²) >= 11 is 6.12. The van der Waals surface area contributed by atoms with Crippen LogP contribution < -0.4 is 5.32 Å². The fourth-order valence-electron chi connectivity index (χ4n) is 3.36. The van der Waals surface area contributed by atoms with Crippen molar-refractivity contribution in [3.63, 3.8) is 0 Å². The zero-order valence-electron chi connectivity index (χ0n) is 15.9. The molecule has 150 valence electrons. The van der Waals surface area contributed by atoms with Crippen LogP contribution in [0.2, 0.25) is 5.02 Å². The Morgan fingerprint density at radius 1 is 1.07 bits per heavy atom. The summed E-state index contributed by atoms with van der Waals surface area (Å²) in [4.78, 5) is 31.7. The Bertz CT molecular complexity index is 1130.